The second kappa shape index (κ2) is 10.4. The molecule has 0 bridgehead atoms. The van der Waals surface area contributed by atoms with Crippen LogP contribution in [0.5, 0.6) is 11.5 Å². The summed E-state index contributed by atoms with van der Waals surface area (Å²) in [6.07, 6.45) is 10.9. The van der Waals surface area contributed by atoms with Gasteiger partial charge in [-0.05, 0) is 88.0 Å². The maximum absolute atomic E-state index is 13.1. The summed E-state index contributed by atoms with van der Waals surface area (Å²) < 4.78 is 9.52. The Kier molecular flexibility index (Phi) is 6.93. The Morgan fingerprint density at radius 1 is 0.848 bits per heavy atom. The maximum Gasteiger partial charge on any atom is 0.332 e. The molecule has 1 N–H and O–H groups in total. The highest BCUT2D eigenvalue weighted by Gasteiger charge is 2.24. The van der Waals surface area contributed by atoms with Crippen LogP contribution in [-0.4, -0.2) is 46.3 Å². The van der Waals surface area contributed by atoms with Crippen molar-refractivity contribution in [2.24, 2.45) is 0 Å². The van der Waals surface area contributed by atoms with E-state index in [1.165, 1.54) is 25.9 Å². The van der Waals surface area contributed by atoms with E-state index in [-0.39, 0.29) is 11.7 Å². The van der Waals surface area contributed by atoms with Crippen molar-refractivity contribution in [2.45, 2.75) is 50.6 Å². The number of rotatable bonds is 8. The van der Waals surface area contributed by atoms with Crippen molar-refractivity contribution >= 4 is 0 Å². The van der Waals surface area contributed by atoms with E-state index >= 15 is 0 Å². The Balaban J connectivity index is 1.15. The fourth-order valence-electron chi connectivity index (χ4n) is 5.16. The average molecular weight is 447 g/mol. The van der Waals surface area contributed by atoms with E-state index < -0.39 is 0 Å². The summed E-state index contributed by atoms with van der Waals surface area (Å²) in [4.78, 5) is 15.7. The van der Waals surface area contributed by atoms with Crippen molar-refractivity contribution in [3.8, 4) is 17.2 Å². The van der Waals surface area contributed by atoms with Gasteiger partial charge in [0.25, 0.3) is 0 Å². The van der Waals surface area contributed by atoms with Gasteiger partial charge in [0, 0.05) is 37.6 Å². The second-order valence-corrected chi connectivity index (χ2v) is 9.28. The van der Waals surface area contributed by atoms with E-state index in [0.717, 1.165) is 56.0 Å². The minimum absolute atomic E-state index is 0.0390. The van der Waals surface area contributed by atoms with Crippen LogP contribution < -0.4 is 15.7 Å². The SMILES string of the molecule is O=c1n(-c2ccc(Oc3ccccc3)cc2)ccn1C1CCC(NCCN2CCCC2)CC1. The van der Waals surface area contributed by atoms with Crippen LogP contribution in [0.4, 0.5) is 0 Å². The van der Waals surface area contributed by atoms with E-state index in [2.05, 4.69) is 10.2 Å². The van der Waals surface area contributed by atoms with Gasteiger partial charge in [-0.25, -0.2) is 4.79 Å². The van der Waals surface area contributed by atoms with Gasteiger partial charge in [0.1, 0.15) is 11.5 Å². The molecule has 6 heteroatoms. The van der Waals surface area contributed by atoms with Crippen molar-refractivity contribution in [1.82, 2.24) is 19.4 Å². The molecule has 1 aliphatic heterocycles. The summed E-state index contributed by atoms with van der Waals surface area (Å²) in [6.45, 7) is 4.77. The Morgan fingerprint density at radius 3 is 2.27 bits per heavy atom. The van der Waals surface area contributed by atoms with Crippen LogP contribution in [-0.2, 0) is 0 Å². The molecule has 0 spiro atoms. The summed E-state index contributed by atoms with van der Waals surface area (Å²) in [5.41, 5.74) is 0.897. The monoisotopic (exact) mass is 446 g/mol. The number of imidazole rings is 1. The van der Waals surface area contributed by atoms with Crippen LogP contribution in [0, 0.1) is 0 Å². The van der Waals surface area contributed by atoms with Crippen LogP contribution in [0.15, 0.2) is 71.8 Å². The lowest BCUT2D eigenvalue weighted by Gasteiger charge is -2.30. The van der Waals surface area contributed by atoms with Gasteiger partial charge in [-0.3, -0.25) is 9.13 Å². The molecule has 174 valence electrons. The molecular formula is C27H34N4O2. The van der Waals surface area contributed by atoms with Crippen molar-refractivity contribution in [3.05, 3.63) is 77.5 Å². The summed E-state index contributed by atoms with van der Waals surface area (Å²) >= 11 is 0. The number of nitrogens with one attached hydrogen (secondary N) is 1. The molecule has 2 aromatic carbocycles. The van der Waals surface area contributed by atoms with Gasteiger partial charge in [-0.15, -0.1) is 0 Å². The maximum atomic E-state index is 13.1. The van der Waals surface area contributed by atoms with Gasteiger partial charge in [-0.2, -0.15) is 0 Å². The third kappa shape index (κ3) is 5.40. The fraction of sp³-hybridized carbons (Fsp3) is 0.444. The number of hydrogen-bond acceptors (Lipinski definition) is 4. The largest absolute Gasteiger partial charge is 0.457 e. The number of nitrogens with zero attached hydrogens (tertiary/aromatic N) is 3. The molecule has 33 heavy (non-hydrogen) atoms. The van der Waals surface area contributed by atoms with E-state index in [1.807, 2.05) is 71.6 Å². The lowest BCUT2D eigenvalue weighted by molar-refractivity contribution is 0.270. The van der Waals surface area contributed by atoms with Crippen LogP contribution >= 0.6 is 0 Å². The standard InChI is InChI=1S/C27H34N4O2/c32-27-30(23-10-8-22(9-11-23)28-16-19-29-17-4-5-18-29)20-21-31(27)24-12-14-26(15-13-24)33-25-6-2-1-3-7-25/h1-3,6-7,12-15,20-23,28H,4-5,8-11,16-19H2. The van der Waals surface area contributed by atoms with E-state index in [0.29, 0.717) is 6.04 Å². The lowest BCUT2D eigenvalue weighted by Crippen LogP contribution is -2.39. The summed E-state index contributed by atoms with van der Waals surface area (Å²) in [7, 11) is 0. The normalized spacial score (nSPS) is 21.3. The first-order chi connectivity index (χ1) is 16.3. The third-order valence-electron chi connectivity index (χ3n) is 7.05. The van der Waals surface area contributed by atoms with Gasteiger partial charge >= 0.3 is 5.69 Å². The number of benzene rings is 2. The number of ether oxygens (including phenoxy) is 1. The van der Waals surface area contributed by atoms with Crippen molar-refractivity contribution in [3.63, 3.8) is 0 Å². The first-order valence-corrected chi connectivity index (χ1v) is 12.3. The van der Waals surface area contributed by atoms with Gasteiger partial charge in [0.2, 0.25) is 0 Å². The van der Waals surface area contributed by atoms with Gasteiger partial charge in [0.15, 0.2) is 0 Å². The van der Waals surface area contributed by atoms with Crippen molar-refractivity contribution in [2.75, 3.05) is 26.2 Å². The minimum atomic E-state index is 0.0390. The Bertz CT molecular complexity index is 1060. The topological polar surface area (TPSA) is 51.4 Å². The second-order valence-electron chi connectivity index (χ2n) is 9.28. The molecule has 0 atom stereocenters. The molecule has 0 radical (unpaired) electrons. The smallest absolute Gasteiger partial charge is 0.332 e. The predicted octanol–water partition coefficient (Wildman–Crippen LogP) is 4.60. The highest BCUT2D eigenvalue weighted by atomic mass is 16.5. The average Bonchev–Trinajstić information content (AvgIpc) is 3.51. The number of hydrogen-bond donors (Lipinski definition) is 1. The van der Waals surface area contributed by atoms with Crippen LogP contribution in [0.3, 0.4) is 0 Å². The first kappa shape index (κ1) is 22.0. The molecule has 0 unspecified atom stereocenters. The van der Waals surface area contributed by atoms with Crippen LogP contribution in [0.2, 0.25) is 0 Å². The summed E-state index contributed by atoms with van der Waals surface area (Å²) in [5.74, 6) is 1.56. The van der Waals surface area contributed by atoms with Crippen LogP contribution in [0.25, 0.3) is 5.69 Å². The Hall–Kier alpha value is -2.83. The highest BCUT2D eigenvalue weighted by Crippen LogP contribution is 2.28. The number of para-hydroxylation sites is 1. The van der Waals surface area contributed by atoms with E-state index in [4.69, 9.17) is 4.74 Å². The zero-order valence-electron chi connectivity index (χ0n) is 19.2. The summed E-state index contributed by atoms with van der Waals surface area (Å²) in [6, 6.07) is 18.3. The molecule has 5 rings (SSSR count). The zero-order valence-corrected chi connectivity index (χ0v) is 19.2. The Morgan fingerprint density at radius 2 is 1.55 bits per heavy atom. The molecule has 1 saturated heterocycles. The molecular weight excluding hydrogens is 412 g/mol. The van der Waals surface area contributed by atoms with Crippen molar-refractivity contribution in [1.29, 1.82) is 0 Å². The molecule has 6 nitrogen and oxygen atoms in total. The predicted molar refractivity (Wildman–Crippen MR) is 132 cm³/mol. The van der Waals surface area contributed by atoms with Gasteiger partial charge in [0.05, 0.1) is 5.69 Å². The minimum Gasteiger partial charge on any atom is -0.457 e. The van der Waals surface area contributed by atoms with Crippen LogP contribution in [0.1, 0.15) is 44.6 Å². The molecule has 1 aliphatic carbocycles. The third-order valence-corrected chi connectivity index (χ3v) is 7.05. The van der Waals surface area contributed by atoms with Gasteiger partial charge < -0.3 is 15.0 Å². The number of likely N-dealkylation sites (tertiary alicyclic amines) is 1. The van der Waals surface area contributed by atoms with Gasteiger partial charge in [-0.1, -0.05) is 18.2 Å². The molecule has 2 heterocycles. The Labute approximate surface area is 195 Å². The first-order valence-electron chi connectivity index (χ1n) is 12.3. The zero-order chi connectivity index (χ0) is 22.5. The molecule has 2 fully saturated rings. The molecule has 2 aliphatic rings. The lowest BCUT2D eigenvalue weighted by atomic mass is 9.91. The molecule has 3 aromatic rings. The quantitative estimate of drug-likeness (QED) is 0.549. The fourth-order valence-corrected chi connectivity index (χ4v) is 5.16. The number of aromatic nitrogens is 2. The van der Waals surface area contributed by atoms with E-state index in [1.54, 1.807) is 4.57 Å². The molecule has 1 aromatic heterocycles. The molecule has 1 saturated carbocycles. The highest BCUT2D eigenvalue weighted by molar-refractivity contribution is 5.39. The van der Waals surface area contributed by atoms with Crippen molar-refractivity contribution < 1.29 is 4.74 Å². The molecule has 0 amide bonds. The summed E-state index contributed by atoms with van der Waals surface area (Å²) in [5, 5.41) is 3.74. The van der Waals surface area contributed by atoms with E-state index in [9.17, 15) is 4.79 Å².